The van der Waals surface area contributed by atoms with Gasteiger partial charge in [-0.15, -0.1) is 0 Å². The van der Waals surface area contributed by atoms with Gasteiger partial charge in [0, 0.05) is 11.1 Å². The Morgan fingerprint density at radius 3 is 1.25 bits per heavy atom. The maximum absolute atomic E-state index is 11.9. The number of carbonyl (C=O) groups excluding carboxylic acids is 1. The van der Waals surface area contributed by atoms with Crippen LogP contribution in [0.1, 0.15) is 13.8 Å². The molecule has 0 unspecified atom stereocenters. The first-order chi connectivity index (χ1) is 6.94. The van der Waals surface area contributed by atoms with Crippen LogP contribution in [0, 0.1) is 0 Å². The molecule has 0 spiro atoms. The predicted molar refractivity (Wildman–Crippen MR) is 44.6 cm³/mol. The van der Waals surface area contributed by atoms with Crippen molar-refractivity contribution in [3.05, 3.63) is 23.3 Å². The first kappa shape index (κ1) is 14.7. The average Bonchev–Trinajstić information content (AvgIpc) is 1.99. The Balaban J connectivity index is 4.89. The van der Waals surface area contributed by atoms with Gasteiger partial charge in [-0.25, -0.2) is 0 Å². The van der Waals surface area contributed by atoms with E-state index in [9.17, 15) is 31.1 Å². The zero-order valence-electron chi connectivity index (χ0n) is 8.33. The van der Waals surface area contributed by atoms with Gasteiger partial charge in [0.05, 0.1) is 0 Å². The van der Waals surface area contributed by atoms with Crippen LogP contribution in [0.5, 0.6) is 0 Å². The number of rotatable bonds is 2. The second-order valence-corrected chi connectivity index (χ2v) is 3.05. The van der Waals surface area contributed by atoms with Crippen LogP contribution in [0.2, 0.25) is 0 Å². The quantitative estimate of drug-likeness (QED) is 0.537. The number of alkyl halides is 6. The highest BCUT2D eigenvalue weighted by molar-refractivity contribution is 6.00. The molecule has 1 nitrogen and oxygen atoms in total. The van der Waals surface area contributed by atoms with Crippen molar-refractivity contribution < 1.29 is 31.1 Å². The van der Waals surface area contributed by atoms with E-state index in [0.29, 0.717) is 13.8 Å². The van der Waals surface area contributed by atoms with E-state index in [-0.39, 0.29) is 12.2 Å². The largest absolute Gasteiger partial charge is 0.412 e. The third kappa shape index (κ3) is 4.99. The molecule has 0 fully saturated rings. The summed E-state index contributed by atoms with van der Waals surface area (Å²) in [5.74, 6) is -1.34. The van der Waals surface area contributed by atoms with E-state index in [1.165, 1.54) is 0 Å². The van der Waals surface area contributed by atoms with Crippen molar-refractivity contribution in [1.82, 2.24) is 0 Å². The molecular weight excluding hydrogens is 238 g/mol. The van der Waals surface area contributed by atoms with E-state index in [0.717, 1.165) is 0 Å². The van der Waals surface area contributed by atoms with Crippen LogP contribution in [-0.4, -0.2) is 18.1 Å². The van der Waals surface area contributed by atoms with Crippen LogP contribution in [-0.2, 0) is 4.79 Å². The number of halogens is 6. The first-order valence-electron chi connectivity index (χ1n) is 3.99. The number of carbonyl (C=O) groups is 1. The van der Waals surface area contributed by atoms with Crippen LogP contribution in [0.25, 0.3) is 0 Å². The minimum Gasteiger partial charge on any atom is -0.290 e. The Kier molecular flexibility index (Phi) is 4.34. The summed E-state index contributed by atoms with van der Waals surface area (Å²) >= 11 is 0. The molecule has 0 heterocycles. The number of ketones is 1. The standard InChI is InChI=1S/C9H8F6O/c1-5(8(10,11)12)3-7(16)4-6(2)9(13,14)15/h3-4H,1-2H3. The van der Waals surface area contributed by atoms with Crippen molar-refractivity contribution in [2.75, 3.05) is 0 Å². The lowest BCUT2D eigenvalue weighted by Gasteiger charge is -2.06. The van der Waals surface area contributed by atoms with Gasteiger partial charge >= 0.3 is 12.4 Å². The van der Waals surface area contributed by atoms with Crippen LogP contribution in [0.15, 0.2) is 23.3 Å². The summed E-state index contributed by atoms with van der Waals surface area (Å²) in [6, 6.07) is 0. The Hall–Kier alpha value is -1.27. The van der Waals surface area contributed by atoms with Crippen LogP contribution in [0.4, 0.5) is 26.3 Å². The minimum atomic E-state index is -4.71. The predicted octanol–water partition coefficient (Wildman–Crippen LogP) is 3.57. The number of hydrogen-bond acceptors (Lipinski definition) is 1. The molecule has 0 aromatic rings. The van der Waals surface area contributed by atoms with Gasteiger partial charge < -0.3 is 0 Å². The average molecular weight is 246 g/mol. The molecule has 0 aliphatic heterocycles. The zero-order valence-corrected chi connectivity index (χ0v) is 8.33. The Labute approximate surface area is 87.4 Å². The second-order valence-electron chi connectivity index (χ2n) is 3.05. The Morgan fingerprint density at radius 1 is 0.812 bits per heavy atom. The van der Waals surface area contributed by atoms with E-state index in [2.05, 4.69) is 0 Å². The summed E-state index contributed by atoms with van der Waals surface area (Å²) in [5, 5.41) is 0. The molecule has 0 rings (SSSR count). The smallest absolute Gasteiger partial charge is 0.290 e. The lowest BCUT2D eigenvalue weighted by Crippen LogP contribution is -2.12. The molecule has 0 aromatic heterocycles. The molecule has 7 heteroatoms. The highest BCUT2D eigenvalue weighted by atomic mass is 19.4. The van der Waals surface area contributed by atoms with Gasteiger partial charge in [0.15, 0.2) is 5.78 Å². The molecule has 0 bridgehead atoms. The third-order valence-corrected chi connectivity index (χ3v) is 1.61. The summed E-state index contributed by atoms with van der Waals surface area (Å²) in [7, 11) is 0. The third-order valence-electron chi connectivity index (χ3n) is 1.61. The first-order valence-corrected chi connectivity index (χ1v) is 3.99. The summed E-state index contributed by atoms with van der Waals surface area (Å²) in [6.07, 6.45) is -9.18. The van der Waals surface area contributed by atoms with E-state index < -0.39 is 29.3 Å². The fraction of sp³-hybridized carbons (Fsp3) is 0.444. The van der Waals surface area contributed by atoms with E-state index in [1.54, 1.807) is 0 Å². The zero-order chi connectivity index (χ0) is 13.1. The summed E-state index contributed by atoms with van der Waals surface area (Å²) in [6.45, 7) is 1.21. The summed E-state index contributed by atoms with van der Waals surface area (Å²) in [5.41, 5.74) is -2.49. The Bertz CT molecular complexity index is 299. The van der Waals surface area contributed by atoms with Gasteiger partial charge in [0.2, 0.25) is 0 Å². The van der Waals surface area contributed by atoms with Crippen molar-refractivity contribution in [2.24, 2.45) is 0 Å². The molecule has 0 saturated carbocycles. The molecule has 0 radical (unpaired) electrons. The molecule has 0 aliphatic rings. The number of allylic oxidation sites excluding steroid dienone is 4. The molecule has 0 aliphatic carbocycles. The van der Waals surface area contributed by atoms with E-state index >= 15 is 0 Å². The van der Waals surface area contributed by atoms with Gasteiger partial charge in [-0.05, 0) is 26.0 Å². The second kappa shape index (κ2) is 4.71. The maximum atomic E-state index is 11.9. The molecule has 0 N–H and O–H groups in total. The monoisotopic (exact) mass is 246 g/mol. The molecule has 0 saturated heterocycles. The van der Waals surface area contributed by atoms with Crippen molar-refractivity contribution in [3.63, 3.8) is 0 Å². The fourth-order valence-electron chi connectivity index (χ4n) is 0.632. The SMILES string of the molecule is CC(=CC(=O)C=C(C)C(F)(F)F)C(F)(F)F. The van der Waals surface area contributed by atoms with Gasteiger partial charge in [-0.1, -0.05) is 0 Å². The lowest BCUT2D eigenvalue weighted by atomic mass is 10.1. The molecule has 0 aromatic carbocycles. The lowest BCUT2D eigenvalue weighted by molar-refractivity contribution is -0.113. The molecule has 0 atom stereocenters. The van der Waals surface area contributed by atoms with Crippen molar-refractivity contribution >= 4 is 5.78 Å². The maximum Gasteiger partial charge on any atom is 0.412 e. The van der Waals surface area contributed by atoms with E-state index in [1.807, 2.05) is 0 Å². The Morgan fingerprint density at radius 2 is 1.06 bits per heavy atom. The number of hydrogen-bond donors (Lipinski definition) is 0. The van der Waals surface area contributed by atoms with Gasteiger partial charge in [-0.2, -0.15) is 26.3 Å². The molecule has 16 heavy (non-hydrogen) atoms. The minimum absolute atomic E-state index is 0.120. The van der Waals surface area contributed by atoms with Crippen molar-refractivity contribution in [1.29, 1.82) is 0 Å². The van der Waals surface area contributed by atoms with Crippen LogP contribution < -0.4 is 0 Å². The molecule has 0 amide bonds. The normalized spacial score (nSPS) is 15.2. The van der Waals surface area contributed by atoms with Gasteiger partial charge in [0.1, 0.15) is 0 Å². The topological polar surface area (TPSA) is 17.1 Å². The van der Waals surface area contributed by atoms with Gasteiger partial charge in [0.25, 0.3) is 0 Å². The summed E-state index contributed by atoms with van der Waals surface area (Å²) in [4.78, 5) is 10.8. The highest BCUT2D eigenvalue weighted by Crippen LogP contribution is 2.26. The fourth-order valence-corrected chi connectivity index (χ4v) is 0.632. The van der Waals surface area contributed by atoms with E-state index in [4.69, 9.17) is 0 Å². The van der Waals surface area contributed by atoms with Crippen LogP contribution in [0.3, 0.4) is 0 Å². The van der Waals surface area contributed by atoms with Crippen LogP contribution >= 0.6 is 0 Å². The van der Waals surface area contributed by atoms with Crippen molar-refractivity contribution in [3.8, 4) is 0 Å². The van der Waals surface area contributed by atoms with Crippen molar-refractivity contribution in [2.45, 2.75) is 26.2 Å². The van der Waals surface area contributed by atoms with Gasteiger partial charge in [-0.3, -0.25) is 4.79 Å². The summed E-state index contributed by atoms with van der Waals surface area (Å²) < 4.78 is 71.5. The highest BCUT2D eigenvalue weighted by Gasteiger charge is 2.32. The molecular formula is C9H8F6O. The molecule has 92 valence electrons.